The molecule has 1 aromatic heterocycles. The van der Waals surface area contributed by atoms with Gasteiger partial charge < -0.3 is 20.1 Å². The number of amides is 1. The third kappa shape index (κ3) is 5.42. The second-order valence-electron chi connectivity index (χ2n) is 6.04. The van der Waals surface area contributed by atoms with Crippen molar-refractivity contribution in [1.82, 2.24) is 9.78 Å². The molecule has 0 radical (unpaired) electrons. The van der Waals surface area contributed by atoms with Gasteiger partial charge in [-0.2, -0.15) is 5.10 Å². The van der Waals surface area contributed by atoms with E-state index < -0.39 is 0 Å². The number of ether oxygens (including phenoxy) is 2. The summed E-state index contributed by atoms with van der Waals surface area (Å²) in [7, 11) is 0. The Labute approximate surface area is 174 Å². The van der Waals surface area contributed by atoms with Crippen molar-refractivity contribution in [2.24, 2.45) is 0 Å². The Balaban J connectivity index is 1.68. The lowest BCUT2D eigenvalue weighted by atomic mass is 10.2. The molecular formula is C21H23ClN4O3. The third-order valence-corrected chi connectivity index (χ3v) is 4.21. The summed E-state index contributed by atoms with van der Waals surface area (Å²) in [6.07, 6.45) is 3.51. The van der Waals surface area contributed by atoms with Crippen molar-refractivity contribution >= 4 is 28.9 Å². The molecule has 0 aliphatic heterocycles. The predicted octanol–water partition coefficient (Wildman–Crippen LogP) is 4.37. The van der Waals surface area contributed by atoms with Crippen LogP contribution >= 0.6 is 11.6 Å². The summed E-state index contributed by atoms with van der Waals surface area (Å²) in [5.74, 6) is 1.03. The summed E-state index contributed by atoms with van der Waals surface area (Å²) >= 11 is 6.11. The van der Waals surface area contributed by atoms with E-state index in [4.69, 9.17) is 21.1 Å². The van der Waals surface area contributed by atoms with Gasteiger partial charge in [-0.3, -0.25) is 4.79 Å². The average Bonchev–Trinajstić information content (AvgIpc) is 3.23. The number of hydrogen-bond donors (Lipinski definition) is 2. The molecule has 0 aliphatic carbocycles. The fraction of sp³-hybridized carbons (Fsp3) is 0.238. The van der Waals surface area contributed by atoms with Crippen LogP contribution in [-0.4, -0.2) is 35.4 Å². The van der Waals surface area contributed by atoms with Crippen LogP contribution in [0.1, 0.15) is 13.8 Å². The summed E-state index contributed by atoms with van der Waals surface area (Å²) in [5.41, 5.74) is 2.13. The molecule has 0 aliphatic rings. The molecule has 29 heavy (non-hydrogen) atoms. The largest absolute Gasteiger partial charge is 0.490 e. The van der Waals surface area contributed by atoms with Crippen LogP contribution in [0.25, 0.3) is 5.69 Å². The zero-order chi connectivity index (χ0) is 20.6. The van der Waals surface area contributed by atoms with Crippen molar-refractivity contribution in [2.75, 3.05) is 30.4 Å². The highest BCUT2D eigenvalue weighted by Gasteiger charge is 2.11. The molecule has 1 amide bonds. The van der Waals surface area contributed by atoms with E-state index in [-0.39, 0.29) is 12.5 Å². The monoisotopic (exact) mass is 414 g/mol. The van der Waals surface area contributed by atoms with Crippen LogP contribution < -0.4 is 20.1 Å². The van der Waals surface area contributed by atoms with Crippen LogP contribution in [0.5, 0.6) is 11.5 Å². The van der Waals surface area contributed by atoms with Gasteiger partial charge >= 0.3 is 0 Å². The Bertz CT molecular complexity index is 961. The maximum Gasteiger partial charge on any atom is 0.243 e. The first-order valence-corrected chi connectivity index (χ1v) is 9.71. The number of hydrogen-bond acceptors (Lipinski definition) is 5. The number of halogens is 1. The van der Waals surface area contributed by atoms with Gasteiger partial charge in [-0.25, -0.2) is 4.68 Å². The van der Waals surface area contributed by atoms with Crippen molar-refractivity contribution in [2.45, 2.75) is 13.8 Å². The molecule has 1 heterocycles. The molecule has 7 nitrogen and oxygen atoms in total. The normalized spacial score (nSPS) is 10.4. The van der Waals surface area contributed by atoms with Gasteiger partial charge in [0.15, 0.2) is 11.5 Å². The lowest BCUT2D eigenvalue weighted by Gasteiger charge is -2.14. The molecule has 0 saturated heterocycles. The molecule has 0 unspecified atom stereocenters. The number of anilines is 2. The van der Waals surface area contributed by atoms with Gasteiger partial charge in [0.1, 0.15) is 0 Å². The summed E-state index contributed by atoms with van der Waals surface area (Å²) in [4.78, 5) is 12.4. The van der Waals surface area contributed by atoms with Crippen LogP contribution in [0.4, 0.5) is 11.4 Å². The summed E-state index contributed by atoms with van der Waals surface area (Å²) in [5, 5.41) is 10.8. The molecule has 3 rings (SSSR count). The molecular weight excluding hydrogens is 392 g/mol. The maximum atomic E-state index is 12.4. The van der Waals surface area contributed by atoms with Crippen LogP contribution in [-0.2, 0) is 4.79 Å². The minimum atomic E-state index is -0.206. The Hall–Kier alpha value is -3.19. The molecule has 0 atom stereocenters. The first-order chi connectivity index (χ1) is 14.1. The van der Waals surface area contributed by atoms with Crippen LogP contribution in [0, 0.1) is 0 Å². The van der Waals surface area contributed by atoms with Crippen molar-refractivity contribution < 1.29 is 14.3 Å². The summed E-state index contributed by atoms with van der Waals surface area (Å²) < 4.78 is 12.8. The van der Waals surface area contributed by atoms with Crippen molar-refractivity contribution in [3.63, 3.8) is 0 Å². The highest BCUT2D eigenvalue weighted by Crippen LogP contribution is 2.30. The highest BCUT2D eigenvalue weighted by atomic mass is 35.5. The van der Waals surface area contributed by atoms with Crippen LogP contribution in [0.3, 0.4) is 0 Å². The lowest BCUT2D eigenvalue weighted by molar-refractivity contribution is -0.114. The maximum absolute atomic E-state index is 12.4. The van der Waals surface area contributed by atoms with E-state index in [2.05, 4.69) is 15.7 Å². The smallest absolute Gasteiger partial charge is 0.243 e. The van der Waals surface area contributed by atoms with Crippen molar-refractivity contribution in [1.29, 1.82) is 0 Å². The summed E-state index contributed by atoms with van der Waals surface area (Å²) in [6.45, 7) is 4.90. The van der Waals surface area contributed by atoms with Gasteiger partial charge in [0.05, 0.1) is 31.1 Å². The highest BCUT2D eigenvalue weighted by molar-refractivity contribution is 6.31. The molecule has 2 aromatic carbocycles. The molecule has 2 N–H and O–H groups in total. The van der Waals surface area contributed by atoms with Gasteiger partial charge in [0.25, 0.3) is 0 Å². The quantitative estimate of drug-likeness (QED) is 0.543. The molecule has 3 aromatic rings. The van der Waals surface area contributed by atoms with Crippen LogP contribution in [0.15, 0.2) is 54.9 Å². The Morgan fingerprint density at radius 2 is 1.90 bits per heavy atom. The van der Waals surface area contributed by atoms with Gasteiger partial charge in [-0.15, -0.1) is 0 Å². The molecule has 8 heteroatoms. The zero-order valence-corrected chi connectivity index (χ0v) is 17.1. The number of nitrogens with one attached hydrogen (secondary N) is 2. The first-order valence-electron chi connectivity index (χ1n) is 9.33. The van der Waals surface area contributed by atoms with Crippen molar-refractivity contribution in [3.8, 4) is 17.2 Å². The minimum absolute atomic E-state index is 0.0613. The standard InChI is InChI=1S/C21H23ClN4O3/c1-3-28-19-9-7-16(13-20(19)29-4-2)25-21(27)14-23-17-12-15(22)6-8-18(17)26-11-5-10-24-26/h5-13,23H,3-4,14H2,1-2H3,(H,25,27). The number of carbonyl (C=O) groups excluding carboxylic acids is 1. The number of carbonyl (C=O) groups is 1. The SMILES string of the molecule is CCOc1ccc(NC(=O)CNc2cc(Cl)ccc2-n2cccn2)cc1OCC. The summed E-state index contributed by atoms with van der Waals surface area (Å²) in [6, 6.07) is 12.5. The zero-order valence-electron chi connectivity index (χ0n) is 16.3. The molecule has 0 saturated carbocycles. The van der Waals surface area contributed by atoms with E-state index in [1.807, 2.05) is 32.2 Å². The third-order valence-electron chi connectivity index (χ3n) is 3.98. The number of rotatable bonds is 9. The fourth-order valence-electron chi connectivity index (χ4n) is 2.77. The fourth-order valence-corrected chi connectivity index (χ4v) is 2.94. The molecule has 152 valence electrons. The van der Waals surface area contributed by atoms with E-state index in [9.17, 15) is 4.79 Å². The molecule has 0 spiro atoms. The van der Waals surface area contributed by atoms with E-state index >= 15 is 0 Å². The topological polar surface area (TPSA) is 77.4 Å². The lowest BCUT2D eigenvalue weighted by Crippen LogP contribution is -2.22. The molecule has 0 bridgehead atoms. The average molecular weight is 415 g/mol. The van der Waals surface area contributed by atoms with Crippen LogP contribution in [0.2, 0.25) is 5.02 Å². The Kier molecular flexibility index (Phi) is 6.97. The van der Waals surface area contributed by atoms with E-state index in [1.54, 1.807) is 41.2 Å². The number of nitrogens with zero attached hydrogens (tertiary/aromatic N) is 2. The van der Waals surface area contributed by atoms with Gasteiger partial charge in [0.2, 0.25) is 5.91 Å². The van der Waals surface area contributed by atoms with Gasteiger partial charge in [-0.05, 0) is 50.2 Å². The predicted molar refractivity (Wildman–Crippen MR) is 114 cm³/mol. The second-order valence-corrected chi connectivity index (χ2v) is 6.48. The van der Waals surface area contributed by atoms with Crippen molar-refractivity contribution in [3.05, 3.63) is 59.9 Å². The second kappa shape index (κ2) is 9.84. The van der Waals surface area contributed by atoms with Gasteiger partial charge in [-0.1, -0.05) is 11.6 Å². The minimum Gasteiger partial charge on any atom is -0.490 e. The Morgan fingerprint density at radius 3 is 2.62 bits per heavy atom. The van der Waals surface area contributed by atoms with E-state index in [0.29, 0.717) is 41.1 Å². The Morgan fingerprint density at radius 1 is 1.10 bits per heavy atom. The first kappa shape index (κ1) is 20.5. The van der Waals surface area contributed by atoms with E-state index in [0.717, 1.165) is 5.69 Å². The number of benzene rings is 2. The van der Waals surface area contributed by atoms with Gasteiger partial charge in [0, 0.05) is 29.2 Å². The number of aromatic nitrogens is 2. The molecule has 0 fully saturated rings. The van der Waals surface area contributed by atoms with E-state index in [1.165, 1.54) is 0 Å².